The zero-order valence-corrected chi connectivity index (χ0v) is 19.8. The number of methoxy groups -OCH3 is 2. The highest BCUT2D eigenvalue weighted by Gasteiger charge is 2.42. The summed E-state index contributed by atoms with van der Waals surface area (Å²) < 4.78 is 16.2. The van der Waals surface area contributed by atoms with Crippen LogP contribution in [0.3, 0.4) is 0 Å². The maximum absolute atomic E-state index is 13.7. The van der Waals surface area contributed by atoms with E-state index in [1.165, 1.54) is 4.90 Å². The molecule has 0 bridgehead atoms. The van der Waals surface area contributed by atoms with E-state index in [4.69, 9.17) is 14.2 Å². The van der Waals surface area contributed by atoms with E-state index in [0.29, 0.717) is 55.4 Å². The molecule has 33 heavy (non-hydrogen) atoms. The standard InChI is InChI=1S/C26H32N2O5/c1-5-16-33-21-12-10-20(11-13-21)23-24(27(14-17-31-3)15-18-32-4)26(30)28(25(23)29)22-9-7-6-8-19(22)2/h6-13H,5,14-18H2,1-4H3. The van der Waals surface area contributed by atoms with Crippen molar-refractivity contribution in [1.82, 2.24) is 4.90 Å². The van der Waals surface area contributed by atoms with Crippen molar-refractivity contribution in [2.45, 2.75) is 20.3 Å². The first-order chi connectivity index (χ1) is 16.0. The number of anilines is 1. The first-order valence-corrected chi connectivity index (χ1v) is 11.2. The van der Waals surface area contributed by atoms with Gasteiger partial charge >= 0.3 is 0 Å². The first kappa shape index (κ1) is 24.5. The Hall–Kier alpha value is -3.16. The fourth-order valence-corrected chi connectivity index (χ4v) is 3.78. The Morgan fingerprint density at radius 2 is 1.48 bits per heavy atom. The Kier molecular flexibility index (Phi) is 8.63. The molecule has 7 nitrogen and oxygen atoms in total. The van der Waals surface area contributed by atoms with Crippen molar-refractivity contribution in [3.05, 3.63) is 65.4 Å². The van der Waals surface area contributed by atoms with Crippen LogP contribution in [0.15, 0.2) is 54.2 Å². The number of carbonyl (C=O) groups excluding carboxylic acids is 2. The Bertz CT molecular complexity index is 992. The third-order valence-corrected chi connectivity index (χ3v) is 5.48. The molecule has 0 spiro atoms. The van der Waals surface area contributed by atoms with Gasteiger partial charge in [-0.3, -0.25) is 9.59 Å². The largest absolute Gasteiger partial charge is 0.494 e. The van der Waals surface area contributed by atoms with E-state index in [1.807, 2.05) is 61.2 Å². The Labute approximate surface area is 195 Å². The molecular weight excluding hydrogens is 420 g/mol. The Morgan fingerprint density at radius 3 is 2.06 bits per heavy atom. The predicted octanol–water partition coefficient (Wildman–Crippen LogP) is 3.66. The van der Waals surface area contributed by atoms with Crippen molar-refractivity contribution in [3.8, 4) is 5.75 Å². The summed E-state index contributed by atoms with van der Waals surface area (Å²) in [7, 11) is 3.22. The second kappa shape index (κ2) is 11.6. The zero-order chi connectivity index (χ0) is 23.8. The van der Waals surface area contributed by atoms with Crippen molar-refractivity contribution in [1.29, 1.82) is 0 Å². The van der Waals surface area contributed by atoms with Crippen LogP contribution in [-0.4, -0.2) is 63.8 Å². The minimum absolute atomic E-state index is 0.341. The summed E-state index contributed by atoms with van der Waals surface area (Å²) in [5, 5.41) is 0. The van der Waals surface area contributed by atoms with Gasteiger partial charge in [-0.15, -0.1) is 0 Å². The van der Waals surface area contributed by atoms with Crippen LogP contribution < -0.4 is 9.64 Å². The lowest BCUT2D eigenvalue weighted by Crippen LogP contribution is -2.38. The zero-order valence-electron chi connectivity index (χ0n) is 19.8. The maximum atomic E-state index is 13.7. The normalized spacial score (nSPS) is 13.8. The molecule has 0 saturated heterocycles. The highest BCUT2D eigenvalue weighted by Crippen LogP contribution is 2.36. The molecule has 0 aliphatic carbocycles. The number of aryl methyl sites for hydroxylation is 1. The lowest BCUT2D eigenvalue weighted by Gasteiger charge is -2.26. The summed E-state index contributed by atoms with van der Waals surface area (Å²) in [5.74, 6) is 0.0417. The topological polar surface area (TPSA) is 68.3 Å². The van der Waals surface area contributed by atoms with Crippen LogP contribution in [0, 0.1) is 6.92 Å². The molecule has 176 valence electrons. The van der Waals surface area contributed by atoms with Crippen LogP contribution in [0.2, 0.25) is 0 Å². The molecule has 0 N–H and O–H groups in total. The fourth-order valence-electron chi connectivity index (χ4n) is 3.78. The molecule has 0 radical (unpaired) electrons. The molecule has 3 rings (SSSR count). The molecular formula is C26H32N2O5. The molecule has 2 aromatic carbocycles. The summed E-state index contributed by atoms with van der Waals surface area (Å²) in [6.45, 7) is 6.29. The molecule has 7 heteroatoms. The third-order valence-electron chi connectivity index (χ3n) is 5.48. The molecule has 0 aromatic heterocycles. The van der Waals surface area contributed by atoms with E-state index in [2.05, 4.69) is 0 Å². The van der Waals surface area contributed by atoms with Crippen LogP contribution in [0.1, 0.15) is 24.5 Å². The number of hydrogen-bond acceptors (Lipinski definition) is 6. The van der Waals surface area contributed by atoms with Crippen molar-refractivity contribution >= 4 is 23.1 Å². The van der Waals surface area contributed by atoms with Gasteiger partial charge in [0.2, 0.25) is 0 Å². The number of benzene rings is 2. The van der Waals surface area contributed by atoms with Crippen molar-refractivity contribution in [3.63, 3.8) is 0 Å². The SMILES string of the molecule is CCCOc1ccc(C2=C(N(CCOC)CCOC)C(=O)N(c3ccccc3C)C2=O)cc1. The molecule has 1 heterocycles. The van der Waals surface area contributed by atoms with E-state index in [9.17, 15) is 9.59 Å². The number of carbonyl (C=O) groups is 2. The lowest BCUT2D eigenvalue weighted by molar-refractivity contribution is -0.120. The number of nitrogens with zero attached hydrogens (tertiary/aromatic N) is 2. The monoisotopic (exact) mass is 452 g/mol. The van der Waals surface area contributed by atoms with Crippen LogP contribution in [-0.2, 0) is 19.1 Å². The second-order valence-corrected chi connectivity index (χ2v) is 7.80. The van der Waals surface area contributed by atoms with Gasteiger partial charge in [0.15, 0.2) is 0 Å². The molecule has 0 fully saturated rings. The Morgan fingerprint density at radius 1 is 0.848 bits per heavy atom. The van der Waals surface area contributed by atoms with Crippen molar-refractivity contribution in [2.24, 2.45) is 0 Å². The summed E-state index contributed by atoms with van der Waals surface area (Å²) >= 11 is 0. The quantitative estimate of drug-likeness (QED) is 0.458. The van der Waals surface area contributed by atoms with Gasteiger partial charge in [-0.2, -0.15) is 0 Å². The van der Waals surface area contributed by atoms with Crippen molar-refractivity contribution in [2.75, 3.05) is 52.0 Å². The molecule has 2 aromatic rings. The van der Waals surface area contributed by atoms with Gasteiger partial charge in [0, 0.05) is 27.3 Å². The average molecular weight is 453 g/mol. The molecule has 0 saturated carbocycles. The molecule has 0 atom stereocenters. The van der Waals surface area contributed by atoms with E-state index in [1.54, 1.807) is 20.3 Å². The van der Waals surface area contributed by atoms with Gasteiger partial charge in [-0.25, -0.2) is 4.90 Å². The maximum Gasteiger partial charge on any atom is 0.282 e. The number of hydrogen-bond donors (Lipinski definition) is 0. The van der Waals surface area contributed by atoms with E-state index < -0.39 is 0 Å². The van der Waals surface area contributed by atoms with E-state index in [-0.39, 0.29) is 11.8 Å². The minimum Gasteiger partial charge on any atom is -0.494 e. The summed E-state index contributed by atoms with van der Waals surface area (Å²) in [6.07, 6.45) is 0.906. The van der Waals surface area contributed by atoms with E-state index in [0.717, 1.165) is 17.7 Å². The van der Waals surface area contributed by atoms with Crippen LogP contribution in [0.4, 0.5) is 5.69 Å². The average Bonchev–Trinajstić information content (AvgIpc) is 3.08. The predicted molar refractivity (Wildman–Crippen MR) is 128 cm³/mol. The van der Waals surface area contributed by atoms with Crippen molar-refractivity contribution < 1.29 is 23.8 Å². The summed E-state index contributed by atoms with van der Waals surface area (Å²) in [6, 6.07) is 14.7. The molecule has 1 aliphatic rings. The van der Waals surface area contributed by atoms with Gasteiger partial charge in [0.1, 0.15) is 11.4 Å². The van der Waals surface area contributed by atoms with Gasteiger partial charge < -0.3 is 19.1 Å². The Balaban J connectivity index is 2.09. The minimum atomic E-state index is -0.345. The molecule has 2 amide bonds. The smallest absolute Gasteiger partial charge is 0.282 e. The number of ether oxygens (including phenoxy) is 3. The molecule has 1 aliphatic heterocycles. The molecule has 0 unspecified atom stereocenters. The van der Waals surface area contributed by atoms with Gasteiger partial charge in [0.25, 0.3) is 11.8 Å². The van der Waals surface area contributed by atoms with Crippen LogP contribution in [0.25, 0.3) is 5.57 Å². The van der Waals surface area contributed by atoms with Gasteiger partial charge in [-0.1, -0.05) is 37.3 Å². The fraction of sp³-hybridized carbons (Fsp3) is 0.385. The third kappa shape index (κ3) is 5.43. The number of amides is 2. The number of rotatable bonds is 12. The summed E-state index contributed by atoms with van der Waals surface area (Å²) in [5.41, 5.74) is 2.84. The van der Waals surface area contributed by atoms with Crippen LogP contribution >= 0.6 is 0 Å². The van der Waals surface area contributed by atoms with E-state index >= 15 is 0 Å². The highest BCUT2D eigenvalue weighted by molar-refractivity contribution is 6.45. The highest BCUT2D eigenvalue weighted by atomic mass is 16.5. The summed E-state index contributed by atoms with van der Waals surface area (Å²) in [4.78, 5) is 30.6. The first-order valence-electron chi connectivity index (χ1n) is 11.2. The lowest BCUT2D eigenvalue weighted by atomic mass is 10.0. The number of imide groups is 1. The van der Waals surface area contributed by atoms with Gasteiger partial charge in [-0.05, 0) is 42.7 Å². The van der Waals surface area contributed by atoms with Gasteiger partial charge in [0.05, 0.1) is 31.1 Å². The number of para-hydroxylation sites is 1. The second-order valence-electron chi connectivity index (χ2n) is 7.80. The van der Waals surface area contributed by atoms with Crippen LogP contribution in [0.5, 0.6) is 5.75 Å².